The van der Waals surface area contributed by atoms with E-state index in [0.717, 1.165) is 97.7 Å². The molecule has 4 saturated heterocycles. The number of ether oxygens (including phenoxy) is 6. The molecule has 16 rings (SSSR count). The zero-order chi connectivity index (χ0) is 107. The van der Waals surface area contributed by atoms with Crippen molar-refractivity contribution in [3.05, 3.63) is 260 Å². The van der Waals surface area contributed by atoms with Gasteiger partial charge in [0.1, 0.15) is 52.8 Å². The molecule has 0 radical (unpaired) electrons. The normalized spacial score (nSPS) is 17.0. The Morgan fingerprint density at radius 1 is 0.383 bits per heavy atom. The van der Waals surface area contributed by atoms with E-state index in [0.29, 0.717) is 183 Å². The van der Waals surface area contributed by atoms with Crippen molar-refractivity contribution in [2.24, 2.45) is 17.6 Å². The van der Waals surface area contributed by atoms with Gasteiger partial charge in [-0.1, -0.05) is 170 Å². The number of hydrogen-bond acceptors (Lipinski definition) is 28. The molecule has 11 N–H and O–H groups in total. The Bertz CT molecular complexity index is 6530. The third kappa shape index (κ3) is 26.3. The van der Waals surface area contributed by atoms with E-state index in [1.807, 2.05) is 111 Å². The Balaban J connectivity index is 0.000000166. The molecule has 0 bridgehead atoms. The quantitative estimate of drug-likeness (QED) is 0.0165. The van der Waals surface area contributed by atoms with Gasteiger partial charge in [-0.2, -0.15) is 0 Å². The molecular weight excluding hydrogens is 2070 g/mol. The van der Waals surface area contributed by atoms with Crippen LogP contribution in [-0.2, 0) is 54.5 Å². The highest BCUT2D eigenvalue weighted by Crippen LogP contribution is 2.50. The van der Waals surface area contributed by atoms with Crippen LogP contribution in [0, 0.1) is 11.8 Å². The SMILES string of the molecule is C=CC(=O)NC1CN(C(=C)CO)CC1Cc1ncc2cc(-c3c(Cl)c(OC)cc(OC)c3Cl)ccc2n1.C=CC(=O)NC1CN(C(=O)CN)CC1Nc1ncc2cc(-c3c(Cl)c(CC)cc(OC)c3Cl)ccc2n1.C=CC(=O)N[C@H]1CN(C(=C)NCC)C[C@H]1Cc1ncc2cc(-c3c(Cl)c(OC)cc(OC)c3Cl)ccc2n1.C=CC(=O)N[C@H]1CN(C(=O)CO)C[C@H]1Nc1ncc2cc(-c3c(Cl)c(CC)cc(OC)c3Cl)ccc2n1. The van der Waals surface area contributed by atoms with Crippen molar-refractivity contribution < 1.29 is 67.4 Å². The van der Waals surface area contributed by atoms with Gasteiger partial charge in [0.05, 0.1) is 160 Å². The molecule has 4 fully saturated rings. The molecule has 0 aliphatic carbocycles. The number of aromatic nitrogens is 8. The molecule has 4 aromatic heterocycles. The number of fused-ring (bicyclic) bond motifs is 4. The molecule has 34 nitrogen and oxygen atoms in total. The predicted molar refractivity (Wildman–Crippen MR) is 587 cm³/mol. The van der Waals surface area contributed by atoms with Gasteiger partial charge < -0.3 is 101 Å². The summed E-state index contributed by atoms with van der Waals surface area (Å²) < 4.78 is 32.5. The Kier molecular flexibility index (Phi) is 38.9. The molecule has 12 aromatic rings. The predicted octanol–water partition coefficient (Wildman–Crippen LogP) is 16.0. The summed E-state index contributed by atoms with van der Waals surface area (Å²) in [5.41, 5.74) is 16.7. The maximum Gasteiger partial charge on any atom is 0.248 e. The highest BCUT2D eigenvalue weighted by Gasteiger charge is 2.41. The molecule has 782 valence electrons. The number of nitrogens with one attached hydrogen (secondary N) is 7. The van der Waals surface area contributed by atoms with Crippen LogP contribution in [-0.4, -0.2) is 263 Å². The fraction of sp³-hybridized carbons (Fsp3) is 0.308. The molecule has 4 aliphatic rings. The van der Waals surface area contributed by atoms with E-state index >= 15 is 0 Å². The third-order valence-corrected chi connectivity index (χ3v) is 29.0. The summed E-state index contributed by atoms with van der Waals surface area (Å²) in [4.78, 5) is 116. The highest BCUT2D eigenvalue weighted by atomic mass is 35.5. The van der Waals surface area contributed by atoms with E-state index in [4.69, 9.17) is 137 Å². The maximum atomic E-state index is 12.1. The summed E-state index contributed by atoms with van der Waals surface area (Å²) >= 11 is 53.1. The summed E-state index contributed by atoms with van der Waals surface area (Å²) in [6.45, 7) is 31.8. The van der Waals surface area contributed by atoms with E-state index in [1.165, 1.54) is 43.4 Å². The number of amides is 6. The van der Waals surface area contributed by atoms with Crippen molar-refractivity contribution in [2.45, 2.75) is 82.7 Å². The van der Waals surface area contributed by atoms with Crippen LogP contribution < -0.4 is 71.4 Å². The summed E-state index contributed by atoms with van der Waals surface area (Å²) in [5, 5.41) is 46.9. The lowest BCUT2D eigenvalue weighted by Gasteiger charge is -2.21. The topological polar surface area (TPSA) is 425 Å². The molecule has 4 aliphatic heterocycles. The summed E-state index contributed by atoms with van der Waals surface area (Å²) in [7, 11) is 9.29. The average Bonchev–Trinajstić information content (AvgIpc) is 1.59. The molecule has 8 heterocycles. The van der Waals surface area contributed by atoms with Crippen LogP contribution in [0.5, 0.6) is 34.5 Å². The van der Waals surface area contributed by atoms with Crippen molar-refractivity contribution in [2.75, 3.05) is 132 Å². The molecule has 6 amide bonds. The van der Waals surface area contributed by atoms with Crippen LogP contribution in [0.15, 0.2) is 197 Å². The van der Waals surface area contributed by atoms with E-state index in [1.54, 1.807) is 70.3 Å². The second kappa shape index (κ2) is 51.5. The smallest absolute Gasteiger partial charge is 0.248 e. The van der Waals surface area contributed by atoms with Crippen molar-refractivity contribution >= 4 is 184 Å². The van der Waals surface area contributed by atoms with Gasteiger partial charge in [-0.05, 0) is 138 Å². The Labute approximate surface area is 902 Å². The number of aliphatic hydroxyl groups is 2. The molecule has 8 atom stereocenters. The number of carbonyl (C=O) groups is 6. The number of nitrogens with two attached hydrogens (primary N) is 1. The first-order valence-electron chi connectivity index (χ1n) is 47.4. The fourth-order valence-corrected chi connectivity index (χ4v) is 21.1. The lowest BCUT2D eigenvalue weighted by atomic mass is 9.98. The molecule has 0 spiro atoms. The van der Waals surface area contributed by atoms with Crippen LogP contribution in [0.1, 0.15) is 43.5 Å². The largest absolute Gasteiger partial charge is 0.495 e. The van der Waals surface area contributed by atoms with Gasteiger partial charge in [-0.3, -0.25) is 28.8 Å². The number of benzene rings is 8. The number of likely N-dealkylation sites (tertiary alicyclic amines) is 4. The maximum absolute atomic E-state index is 12.1. The second-order valence-corrected chi connectivity index (χ2v) is 38.0. The van der Waals surface area contributed by atoms with Crippen LogP contribution in [0.2, 0.25) is 40.2 Å². The minimum absolute atomic E-state index is 0.0331. The number of rotatable bonds is 35. The molecular formula is C107H114Cl8N20O14. The first-order chi connectivity index (χ1) is 71.6. The zero-order valence-corrected chi connectivity index (χ0v) is 89.3. The molecule has 149 heavy (non-hydrogen) atoms. The number of methoxy groups -OCH3 is 6. The van der Waals surface area contributed by atoms with Crippen LogP contribution in [0.25, 0.3) is 88.1 Å². The standard InChI is InChI=1S/C28H31Cl2N5O3.C27H28Cl2N4O4.C26H28Cl2N6O3.C26H27Cl2N5O4/c1-6-25(36)34-21-15-35(16(3)31-7-2)14-19(21)11-24-32-13-18-10-17(8-9-20(18)33-24)26-27(29)22(37-4)12-23(38-5)28(26)30;1-5-24(35)32-20-13-33(15(2)14-34)12-18(20)9-23-30-11-17-8-16(6-7-19(17)31-23)25-26(28)21(36-3)10-22(37-4)27(25)29;1-4-14-9-20(37-3)25(28)23(24(14)27)15-6-7-17-16(8-15)11-30-26(32-17)33-19-13-34(22(36)10-29)12-18(19)31-21(35)5-2;1-4-14-9-20(37-3)25(28)23(24(14)27)15-6-7-17-16(8-15)10-29-26(31-17)32-19-12-33(22(36)13-34)11-18(19)30-21(35)5-2/h6,8-10,12-13,19,21,31H,1,3,7,11,14-15H2,2,4-5H3,(H,34,36);5-8,10-11,18,20,34H,1-2,9,12-14H2,3-4H3,(H,32,35);5-9,11,18-19H,2,4,10,12-13,29H2,1,3H3,(H,31,35)(H,30,32,33);5-10,18-19,34H,2,4,11-13H2,1,3H3,(H,30,35)(H,29,31,32)/t19-,21+;;;18-,19+/m1..0/s1. The number of halogens is 8. The fourth-order valence-electron chi connectivity index (χ4n) is 18.1. The first kappa shape index (κ1) is 113. The van der Waals surface area contributed by atoms with Gasteiger partial charge in [0, 0.05) is 170 Å². The lowest BCUT2D eigenvalue weighted by molar-refractivity contribution is -0.133. The monoisotopic (exact) mass is 2180 g/mol. The first-order valence-corrected chi connectivity index (χ1v) is 50.4. The molecule has 42 heteroatoms. The Hall–Kier alpha value is -13.6. The minimum atomic E-state index is -0.606. The lowest BCUT2D eigenvalue weighted by Crippen LogP contribution is -2.45. The molecule has 8 aromatic carbocycles. The van der Waals surface area contributed by atoms with E-state index in [-0.39, 0.29) is 97.8 Å². The molecule has 0 saturated carbocycles. The number of anilines is 2. The summed E-state index contributed by atoms with van der Waals surface area (Å²) in [5.74, 6) is 4.25. The zero-order valence-electron chi connectivity index (χ0n) is 83.3. The van der Waals surface area contributed by atoms with Gasteiger partial charge in [0.15, 0.2) is 0 Å². The van der Waals surface area contributed by atoms with Crippen LogP contribution in [0.3, 0.4) is 0 Å². The molecule has 4 unspecified atom stereocenters. The van der Waals surface area contributed by atoms with E-state index < -0.39 is 18.6 Å². The van der Waals surface area contributed by atoms with Gasteiger partial charge in [-0.15, -0.1) is 0 Å². The second-order valence-electron chi connectivity index (χ2n) is 35.0. The number of aryl methyl sites for hydroxylation is 2. The summed E-state index contributed by atoms with van der Waals surface area (Å²) in [6.07, 6.45) is 14.4. The average molecular weight is 2190 g/mol. The van der Waals surface area contributed by atoms with Crippen molar-refractivity contribution in [3.8, 4) is 79.0 Å². The Morgan fingerprint density at radius 3 is 1.01 bits per heavy atom. The highest BCUT2D eigenvalue weighted by molar-refractivity contribution is 6.43. The van der Waals surface area contributed by atoms with Gasteiger partial charge in [0.25, 0.3) is 0 Å². The number of nitrogens with zero attached hydrogens (tertiary/aromatic N) is 12. The van der Waals surface area contributed by atoms with E-state index in [9.17, 15) is 39.0 Å². The van der Waals surface area contributed by atoms with Crippen LogP contribution in [0.4, 0.5) is 11.9 Å². The third-order valence-electron chi connectivity index (χ3n) is 25.9. The minimum Gasteiger partial charge on any atom is -0.495 e. The number of carbonyl (C=O) groups excluding carboxylic acids is 6. The van der Waals surface area contributed by atoms with Gasteiger partial charge in [0.2, 0.25) is 47.3 Å². The number of aliphatic hydroxyl groups excluding tert-OH is 2. The van der Waals surface area contributed by atoms with Gasteiger partial charge in [-0.25, -0.2) is 39.9 Å². The van der Waals surface area contributed by atoms with Gasteiger partial charge >= 0.3 is 0 Å². The number of hydrogen-bond donors (Lipinski definition) is 10. The van der Waals surface area contributed by atoms with Crippen molar-refractivity contribution in [3.63, 3.8) is 0 Å². The van der Waals surface area contributed by atoms with Crippen LogP contribution >= 0.6 is 92.8 Å². The summed E-state index contributed by atoms with van der Waals surface area (Å²) in [6, 6.07) is 28.1. The van der Waals surface area contributed by atoms with E-state index in [2.05, 4.69) is 111 Å². The van der Waals surface area contributed by atoms with Crippen molar-refractivity contribution in [1.29, 1.82) is 0 Å². The van der Waals surface area contributed by atoms with Crippen molar-refractivity contribution in [1.82, 2.24) is 86.1 Å². The Morgan fingerprint density at radius 2 is 0.685 bits per heavy atom.